The Labute approximate surface area is 135 Å². The Morgan fingerprint density at radius 2 is 1.81 bits per heavy atom. The number of nitriles is 1. The molecule has 1 saturated carbocycles. The second-order valence-corrected chi connectivity index (χ2v) is 8.82. The van der Waals surface area contributed by atoms with Crippen molar-refractivity contribution in [3.8, 4) is 6.07 Å². The van der Waals surface area contributed by atoms with Crippen LogP contribution in [-0.4, -0.2) is 13.2 Å². The van der Waals surface area contributed by atoms with Gasteiger partial charge in [-0.3, -0.25) is 0 Å². The van der Waals surface area contributed by atoms with Crippen LogP contribution in [0.4, 0.5) is 0 Å². The third-order valence-electron chi connectivity index (χ3n) is 4.72. The molecule has 2 rings (SSSR count). The zero-order valence-electron chi connectivity index (χ0n) is 12.0. The molecule has 0 aromatic heterocycles. The molecule has 114 valence electrons. The molecule has 0 amide bonds. The van der Waals surface area contributed by atoms with Gasteiger partial charge >= 0.3 is 0 Å². The number of halogens is 2. The first-order valence-electron chi connectivity index (χ1n) is 6.87. The van der Waals surface area contributed by atoms with Gasteiger partial charge in [-0.15, -0.1) is 0 Å². The minimum Gasteiger partial charge on any atom is -0.222 e. The average molecular weight is 346 g/mol. The second kappa shape index (κ2) is 5.46. The van der Waals surface area contributed by atoms with Crippen LogP contribution in [0, 0.1) is 16.7 Å². The highest BCUT2D eigenvalue weighted by Crippen LogP contribution is 2.58. The quantitative estimate of drug-likeness (QED) is 0.799. The minimum absolute atomic E-state index is 0.0426. The molecular weight excluding hydrogens is 329 g/mol. The lowest BCUT2D eigenvalue weighted by atomic mass is 9.59. The van der Waals surface area contributed by atoms with Crippen molar-refractivity contribution in [1.29, 1.82) is 5.26 Å². The minimum atomic E-state index is -3.84. The first-order valence-corrected chi connectivity index (χ1v) is 9.11. The highest BCUT2D eigenvalue weighted by Gasteiger charge is 2.61. The highest BCUT2D eigenvalue weighted by molar-refractivity contribution is 7.93. The van der Waals surface area contributed by atoms with E-state index in [1.54, 1.807) is 0 Å². The van der Waals surface area contributed by atoms with Crippen molar-refractivity contribution in [3.05, 3.63) is 28.2 Å². The van der Waals surface area contributed by atoms with Gasteiger partial charge in [0.15, 0.2) is 14.6 Å². The molecule has 0 radical (unpaired) electrons. The van der Waals surface area contributed by atoms with E-state index in [0.717, 1.165) is 12.8 Å². The van der Waals surface area contributed by atoms with Gasteiger partial charge in [0.1, 0.15) is 0 Å². The van der Waals surface area contributed by atoms with Crippen molar-refractivity contribution in [3.63, 3.8) is 0 Å². The van der Waals surface area contributed by atoms with Gasteiger partial charge in [-0.2, -0.15) is 5.26 Å². The molecule has 0 spiro atoms. The monoisotopic (exact) mass is 345 g/mol. The lowest BCUT2D eigenvalue weighted by Gasteiger charge is -2.51. The van der Waals surface area contributed by atoms with Crippen molar-refractivity contribution >= 4 is 33.0 Å². The molecule has 0 N–H and O–H groups in total. The topological polar surface area (TPSA) is 57.9 Å². The van der Waals surface area contributed by atoms with Gasteiger partial charge in [-0.05, 0) is 36.5 Å². The summed E-state index contributed by atoms with van der Waals surface area (Å²) in [5.41, 5.74) is -0.0617. The van der Waals surface area contributed by atoms with Crippen molar-refractivity contribution in [2.75, 3.05) is 0 Å². The molecular formula is C15H17Cl2NO2S. The summed E-state index contributed by atoms with van der Waals surface area (Å²) < 4.78 is 24.4. The first-order chi connectivity index (χ1) is 9.76. The summed E-state index contributed by atoms with van der Waals surface area (Å²) in [6, 6.07) is 6.35. The Kier molecular flexibility index (Phi) is 4.32. The van der Waals surface area contributed by atoms with Crippen LogP contribution < -0.4 is 0 Å². The van der Waals surface area contributed by atoms with Crippen LogP contribution >= 0.6 is 23.2 Å². The van der Waals surface area contributed by atoms with Crippen LogP contribution in [0.25, 0.3) is 0 Å². The van der Waals surface area contributed by atoms with E-state index in [-0.39, 0.29) is 15.3 Å². The van der Waals surface area contributed by atoms with Crippen LogP contribution in [0.15, 0.2) is 23.1 Å². The van der Waals surface area contributed by atoms with Crippen molar-refractivity contribution in [2.45, 2.75) is 49.2 Å². The molecule has 0 atom stereocenters. The fourth-order valence-corrected chi connectivity index (χ4v) is 5.93. The maximum atomic E-state index is 12.9. The predicted octanol–water partition coefficient (Wildman–Crippen LogP) is 4.63. The number of hydrogen-bond acceptors (Lipinski definition) is 3. The molecule has 0 unspecified atom stereocenters. The van der Waals surface area contributed by atoms with Crippen molar-refractivity contribution in [1.82, 2.24) is 0 Å². The summed E-state index contributed by atoms with van der Waals surface area (Å²) in [6.07, 6.45) is 2.45. The number of rotatable bonds is 4. The smallest absolute Gasteiger partial charge is 0.198 e. The van der Waals surface area contributed by atoms with Gasteiger partial charge in [-0.25, -0.2) is 8.42 Å². The van der Waals surface area contributed by atoms with Crippen molar-refractivity contribution in [2.24, 2.45) is 5.41 Å². The van der Waals surface area contributed by atoms with Gasteiger partial charge in [-0.1, -0.05) is 49.9 Å². The van der Waals surface area contributed by atoms with Gasteiger partial charge < -0.3 is 0 Å². The van der Waals surface area contributed by atoms with Gasteiger partial charge in [0, 0.05) is 5.02 Å². The Balaban J connectivity index is 2.49. The number of benzene rings is 1. The third kappa shape index (κ3) is 2.46. The van der Waals surface area contributed by atoms with Crippen LogP contribution in [0.3, 0.4) is 0 Å². The van der Waals surface area contributed by atoms with Crippen LogP contribution in [0.2, 0.25) is 10.0 Å². The van der Waals surface area contributed by atoms with E-state index in [9.17, 15) is 13.7 Å². The van der Waals surface area contributed by atoms with Crippen LogP contribution in [0.1, 0.15) is 39.5 Å². The van der Waals surface area contributed by atoms with Gasteiger partial charge in [0.05, 0.1) is 16.0 Å². The largest absolute Gasteiger partial charge is 0.222 e. The normalized spacial score (nSPS) is 19.6. The van der Waals surface area contributed by atoms with E-state index < -0.39 is 14.6 Å². The Hall–Kier alpha value is -0.760. The molecule has 1 aliphatic rings. The van der Waals surface area contributed by atoms with Crippen molar-refractivity contribution < 1.29 is 8.42 Å². The maximum Gasteiger partial charge on any atom is 0.198 e. The predicted molar refractivity (Wildman–Crippen MR) is 84.2 cm³/mol. The zero-order chi connectivity index (χ0) is 15.9. The molecule has 0 bridgehead atoms. The summed E-state index contributed by atoms with van der Waals surface area (Å²) in [7, 11) is -3.84. The third-order valence-corrected chi connectivity index (χ3v) is 7.72. The molecule has 0 aliphatic heterocycles. The molecule has 0 saturated heterocycles. The summed E-state index contributed by atoms with van der Waals surface area (Å²) in [5, 5.41) is 9.92. The Morgan fingerprint density at radius 1 is 1.24 bits per heavy atom. The Morgan fingerprint density at radius 3 is 2.29 bits per heavy atom. The fourth-order valence-electron chi connectivity index (χ4n) is 3.13. The lowest BCUT2D eigenvalue weighted by molar-refractivity contribution is 0.0927. The highest BCUT2D eigenvalue weighted by atomic mass is 35.5. The molecule has 21 heavy (non-hydrogen) atoms. The Bertz CT molecular complexity index is 695. The lowest BCUT2D eigenvalue weighted by Crippen LogP contribution is -2.55. The average Bonchev–Trinajstić information content (AvgIpc) is 2.42. The molecule has 6 heteroatoms. The van der Waals surface area contributed by atoms with E-state index >= 15 is 0 Å². The molecule has 1 fully saturated rings. The van der Waals surface area contributed by atoms with E-state index in [1.165, 1.54) is 18.2 Å². The van der Waals surface area contributed by atoms with E-state index in [1.807, 2.05) is 19.9 Å². The molecule has 0 heterocycles. The summed E-state index contributed by atoms with van der Waals surface area (Å²) in [6.45, 7) is 4.06. The maximum absolute atomic E-state index is 12.9. The number of nitrogens with zero attached hydrogens (tertiary/aromatic N) is 1. The first kappa shape index (κ1) is 16.6. The van der Waals surface area contributed by atoms with Gasteiger partial charge in [0.25, 0.3) is 0 Å². The molecule has 1 aliphatic carbocycles. The second-order valence-electron chi connectivity index (χ2n) is 5.74. The summed E-state index contributed by atoms with van der Waals surface area (Å²) >= 11 is 11.9. The summed E-state index contributed by atoms with van der Waals surface area (Å²) in [4.78, 5) is -0.0426. The summed E-state index contributed by atoms with van der Waals surface area (Å²) in [5.74, 6) is 0. The zero-order valence-corrected chi connectivity index (χ0v) is 14.3. The number of sulfone groups is 1. The van der Waals surface area contributed by atoms with Crippen LogP contribution in [-0.2, 0) is 9.84 Å². The number of hydrogen-bond donors (Lipinski definition) is 0. The van der Waals surface area contributed by atoms with E-state index in [2.05, 4.69) is 0 Å². The van der Waals surface area contributed by atoms with Gasteiger partial charge in [0.2, 0.25) is 0 Å². The SMILES string of the molecule is CCC1(CC)CC(C#N)(S(=O)(=O)c2cc(Cl)ccc2Cl)C1. The molecule has 3 nitrogen and oxygen atoms in total. The van der Waals surface area contributed by atoms with E-state index in [4.69, 9.17) is 23.2 Å². The van der Waals surface area contributed by atoms with Crippen LogP contribution in [0.5, 0.6) is 0 Å². The standard InChI is InChI=1S/C15H17Cl2NO2S/c1-3-14(4-2)8-15(9-14,10-18)21(19,20)13-7-11(16)5-6-12(13)17/h5-7H,3-4,8-9H2,1-2H3. The molecule has 1 aromatic carbocycles. The molecule has 1 aromatic rings. The van der Waals surface area contributed by atoms with E-state index in [0.29, 0.717) is 17.9 Å². The fraction of sp³-hybridized carbons (Fsp3) is 0.533.